The Hall–Kier alpha value is -2.94. The lowest BCUT2D eigenvalue weighted by Gasteiger charge is -2.20. The summed E-state index contributed by atoms with van der Waals surface area (Å²) in [4.78, 5) is 25.8. The van der Waals surface area contributed by atoms with Crippen molar-refractivity contribution in [3.05, 3.63) is 28.8 Å². The van der Waals surface area contributed by atoms with Crippen molar-refractivity contribution in [2.24, 2.45) is 5.41 Å². The number of hydrogen-bond acceptors (Lipinski definition) is 8. The molecule has 0 bridgehead atoms. The van der Waals surface area contributed by atoms with E-state index in [2.05, 4.69) is 62.3 Å². The van der Waals surface area contributed by atoms with E-state index in [0.29, 0.717) is 36.0 Å². The largest absolute Gasteiger partial charge is 0.353 e. The molecule has 9 heteroatoms. The second-order valence-electron chi connectivity index (χ2n) is 9.19. The van der Waals surface area contributed by atoms with E-state index in [1.807, 2.05) is 19.1 Å². The quantitative estimate of drug-likeness (QED) is 0.493. The highest BCUT2D eigenvalue weighted by atomic mass is 16.1. The fraction of sp³-hybridized carbons (Fsp3) is 0.524. The molecule has 2 aliphatic rings. The summed E-state index contributed by atoms with van der Waals surface area (Å²) in [6, 6.07) is 4.19. The average Bonchev–Trinajstić information content (AvgIpc) is 3.30. The smallest absolute Gasteiger partial charge is 0.251 e. The Labute approximate surface area is 176 Å². The van der Waals surface area contributed by atoms with Gasteiger partial charge in [0.15, 0.2) is 0 Å². The molecule has 1 atom stereocenters. The van der Waals surface area contributed by atoms with E-state index in [1.165, 1.54) is 0 Å². The number of benzene rings is 1. The maximum absolute atomic E-state index is 12.1. The lowest BCUT2D eigenvalue weighted by atomic mass is 9.97. The van der Waals surface area contributed by atoms with E-state index in [1.54, 1.807) is 0 Å². The summed E-state index contributed by atoms with van der Waals surface area (Å²) in [5.74, 6) is 1.45. The fourth-order valence-electron chi connectivity index (χ4n) is 3.53. The third-order valence-electron chi connectivity index (χ3n) is 5.19. The van der Waals surface area contributed by atoms with Crippen LogP contribution in [0.15, 0.2) is 12.1 Å². The number of aryl methyl sites for hydroxylation is 1. The summed E-state index contributed by atoms with van der Waals surface area (Å²) in [6.07, 6.45) is 1.03. The first-order valence-electron chi connectivity index (χ1n) is 10.4. The van der Waals surface area contributed by atoms with E-state index in [-0.39, 0.29) is 11.3 Å². The number of amides is 1. The Kier molecular flexibility index (Phi) is 5.46. The van der Waals surface area contributed by atoms with Gasteiger partial charge in [0.05, 0.1) is 0 Å². The number of nitrogens with zero attached hydrogens (tertiary/aromatic N) is 3. The molecule has 160 valence electrons. The molecule has 9 nitrogen and oxygen atoms in total. The maximum atomic E-state index is 12.1. The van der Waals surface area contributed by atoms with Crippen molar-refractivity contribution in [2.45, 2.75) is 46.7 Å². The van der Waals surface area contributed by atoms with Crippen LogP contribution in [0.4, 0.5) is 23.5 Å². The number of fused-ring (bicyclic) bond motifs is 1. The van der Waals surface area contributed by atoms with E-state index < -0.39 is 0 Å². The Morgan fingerprint density at radius 3 is 2.63 bits per heavy atom. The van der Waals surface area contributed by atoms with E-state index >= 15 is 0 Å². The Bertz CT molecular complexity index is 947. The van der Waals surface area contributed by atoms with Crippen LogP contribution in [0.2, 0.25) is 0 Å². The van der Waals surface area contributed by atoms with Crippen molar-refractivity contribution in [1.82, 2.24) is 25.6 Å². The summed E-state index contributed by atoms with van der Waals surface area (Å²) in [5, 5.41) is 16.2. The third kappa shape index (κ3) is 4.79. The fourth-order valence-corrected chi connectivity index (χ4v) is 3.53. The molecule has 0 unspecified atom stereocenters. The Morgan fingerprint density at radius 2 is 1.90 bits per heavy atom. The number of aromatic nitrogens is 3. The zero-order valence-corrected chi connectivity index (χ0v) is 18.0. The van der Waals surface area contributed by atoms with Gasteiger partial charge in [0.25, 0.3) is 5.91 Å². The van der Waals surface area contributed by atoms with Crippen molar-refractivity contribution in [3.8, 4) is 0 Å². The van der Waals surface area contributed by atoms with Crippen molar-refractivity contribution in [1.29, 1.82) is 0 Å². The number of anilines is 4. The Balaban J connectivity index is 1.61. The summed E-state index contributed by atoms with van der Waals surface area (Å²) in [5.41, 5.74) is 3.64. The van der Waals surface area contributed by atoms with Gasteiger partial charge in [-0.1, -0.05) is 26.8 Å². The van der Waals surface area contributed by atoms with Crippen LogP contribution in [0.1, 0.15) is 48.7 Å². The van der Waals surface area contributed by atoms with Gasteiger partial charge in [0.1, 0.15) is 0 Å². The minimum Gasteiger partial charge on any atom is -0.353 e. The number of rotatable bonds is 6. The predicted molar refractivity (Wildman–Crippen MR) is 118 cm³/mol. The van der Waals surface area contributed by atoms with Crippen molar-refractivity contribution < 1.29 is 4.79 Å². The van der Waals surface area contributed by atoms with Crippen molar-refractivity contribution in [2.75, 3.05) is 35.6 Å². The molecule has 3 heterocycles. The van der Waals surface area contributed by atoms with Crippen LogP contribution in [-0.2, 0) is 6.54 Å². The molecular formula is C21H30N8O. The van der Waals surface area contributed by atoms with Gasteiger partial charge in [-0.3, -0.25) is 4.79 Å². The zero-order valence-electron chi connectivity index (χ0n) is 18.0. The molecule has 1 fully saturated rings. The minimum absolute atomic E-state index is 0.0488. The molecule has 4 rings (SSSR count). The van der Waals surface area contributed by atoms with Gasteiger partial charge in [0, 0.05) is 36.9 Å². The molecule has 1 aromatic carbocycles. The van der Waals surface area contributed by atoms with Crippen LogP contribution in [0.25, 0.3) is 0 Å². The van der Waals surface area contributed by atoms with Crippen LogP contribution in [0.3, 0.4) is 0 Å². The second-order valence-corrected chi connectivity index (χ2v) is 9.19. The standard InChI is InChI=1S/C21H30N8O/c1-12-7-13-9-23-17(30)15(13)8-16(12)26-20-28-18(24-11-21(2,3)4)27-19(29-20)25-14-5-6-22-10-14/h7-8,14,22H,5-6,9-11H2,1-4H3,(H,23,30)(H3,24,25,26,27,28,29)/t14-/m1/s1. The van der Waals surface area contributed by atoms with Gasteiger partial charge in [-0.25, -0.2) is 0 Å². The topological polar surface area (TPSA) is 116 Å². The lowest BCUT2D eigenvalue weighted by molar-refractivity contribution is 0.0966. The molecular weight excluding hydrogens is 380 g/mol. The van der Waals surface area contributed by atoms with Crippen LogP contribution in [0.5, 0.6) is 0 Å². The molecule has 0 aliphatic carbocycles. The first-order valence-corrected chi connectivity index (χ1v) is 10.4. The number of carbonyl (C=O) groups is 1. The number of nitrogens with one attached hydrogen (secondary N) is 5. The predicted octanol–water partition coefficient (Wildman–Crippen LogP) is 2.40. The third-order valence-corrected chi connectivity index (χ3v) is 5.19. The van der Waals surface area contributed by atoms with Gasteiger partial charge < -0.3 is 26.6 Å². The van der Waals surface area contributed by atoms with E-state index in [0.717, 1.165) is 42.9 Å². The molecule has 2 aromatic rings. The van der Waals surface area contributed by atoms with Crippen LogP contribution >= 0.6 is 0 Å². The first-order chi connectivity index (χ1) is 14.3. The summed E-state index contributed by atoms with van der Waals surface area (Å²) in [7, 11) is 0. The highest BCUT2D eigenvalue weighted by molar-refractivity contribution is 5.99. The van der Waals surface area contributed by atoms with Gasteiger partial charge in [0.2, 0.25) is 17.8 Å². The SMILES string of the molecule is Cc1cc2c(cc1Nc1nc(NCC(C)(C)C)nc(N[C@@H]3CCNC3)n1)C(=O)NC2. The molecule has 5 N–H and O–H groups in total. The molecule has 30 heavy (non-hydrogen) atoms. The van der Waals surface area contributed by atoms with Crippen LogP contribution in [0, 0.1) is 12.3 Å². The first kappa shape index (κ1) is 20.3. The highest BCUT2D eigenvalue weighted by Crippen LogP contribution is 2.27. The van der Waals surface area contributed by atoms with Crippen molar-refractivity contribution in [3.63, 3.8) is 0 Å². The van der Waals surface area contributed by atoms with Gasteiger partial charge in [-0.15, -0.1) is 0 Å². The summed E-state index contributed by atoms with van der Waals surface area (Å²) < 4.78 is 0. The second kappa shape index (κ2) is 8.06. The molecule has 1 amide bonds. The Morgan fingerprint density at radius 1 is 1.13 bits per heavy atom. The number of carbonyl (C=O) groups excluding carboxylic acids is 1. The van der Waals surface area contributed by atoms with Gasteiger partial charge in [-0.2, -0.15) is 15.0 Å². The van der Waals surface area contributed by atoms with Crippen LogP contribution < -0.4 is 26.6 Å². The van der Waals surface area contributed by atoms with Gasteiger partial charge >= 0.3 is 0 Å². The van der Waals surface area contributed by atoms with E-state index in [4.69, 9.17) is 0 Å². The summed E-state index contributed by atoms with van der Waals surface area (Å²) >= 11 is 0. The molecule has 0 spiro atoms. The van der Waals surface area contributed by atoms with Crippen LogP contribution in [-0.4, -0.2) is 46.5 Å². The normalized spacial score (nSPS) is 18.1. The molecule has 2 aliphatic heterocycles. The highest BCUT2D eigenvalue weighted by Gasteiger charge is 2.21. The average molecular weight is 411 g/mol. The van der Waals surface area contributed by atoms with Gasteiger partial charge in [-0.05, 0) is 42.5 Å². The lowest BCUT2D eigenvalue weighted by Crippen LogP contribution is -2.25. The minimum atomic E-state index is -0.0488. The van der Waals surface area contributed by atoms with Crippen molar-refractivity contribution >= 4 is 29.4 Å². The molecule has 0 saturated carbocycles. The summed E-state index contributed by atoms with van der Waals surface area (Å²) in [6.45, 7) is 11.7. The van der Waals surface area contributed by atoms with E-state index in [9.17, 15) is 4.79 Å². The molecule has 1 aromatic heterocycles. The maximum Gasteiger partial charge on any atom is 0.251 e. The number of hydrogen-bond donors (Lipinski definition) is 5. The monoisotopic (exact) mass is 410 g/mol. The molecule has 1 saturated heterocycles. The molecule has 0 radical (unpaired) electrons. The zero-order chi connectivity index (χ0) is 21.3.